The monoisotopic (exact) mass is 271 g/mol. The third-order valence-corrected chi connectivity index (χ3v) is 4.66. The first-order chi connectivity index (χ1) is 8.52. The molecule has 0 N–H and O–H groups in total. The Morgan fingerprint density at radius 3 is 2.89 bits per heavy atom. The summed E-state index contributed by atoms with van der Waals surface area (Å²) in [6, 6.07) is 0.218. The Labute approximate surface area is 113 Å². The average molecular weight is 271 g/mol. The molecule has 0 radical (unpaired) electrons. The zero-order chi connectivity index (χ0) is 13.3. The maximum absolute atomic E-state index is 14.5. The second-order valence-corrected chi connectivity index (χ2v) is 6.37. The molecule has 0 aliphatic carbocycles. The fourth-order valence-corrected chi connectivity index (χ4v) is 3.52. The number of aryl methyl sites for hydroxylation is 1. The summed E-state index contributed by atoms with van der Waals surface area (Å²) in [5.74, 6) is 0. The van der Waals surface area contributed by atoms with Crippen LogP contribution in [0.3, 0.4) is 0 Å². The van der Waals surface area contributed by atoms with Crippen molar-refractivity contribution < 1.29 is 4.39 Å². The Bertz CT molecular complexity index is 405. The highest BCUT2D eigenvalue weighted by atomic mass is 32.1. The summed E-state index contributed by atoms with van der Waals surface area (Å²) in [5, 5.41) is 1.06. The Balaban J connectivity index is 2.14. The van der Waals surface area contributed by atoms with Gasteiger partial charge in [-0.05, 0) is 33.9 Å². The highest BCUT2D eigenvalue weighted by molar-refractivity contribution is 7.11. The number of nitrogens with zero attached hydrogens (tertiary/aromatic N) is 3. The van der Waals surface area contributed by atoms with Crippen molar-refractivity contribution in [2.45, 2.75) is 39.0 Å². The molecule has 1 aliphatic rings. The molecule has 5 heteroatoms. The number of rotatable bonds is 4. The first-order valence-corrected chi connectivity index (χ1v) is 7.37. The van der Waals surface area contributed by atoms with Gasteiger partial charge in [0.05, 0.1) is 5.01 Å². The van der Waals surface area contributed by atoms with Crippen molar-refractivity contribution in [2.24, 2.45) is 0 Å². The molecule has 1 aromatic rings. The first kappa shape index (κ1) is 13.9. The van der Waals surface area contributed by atoms with E-state index in [2.05, 4.69) is 23.7 Å². The van der Waals surface area contributed by atoms with E-state index in [9.17, 15) is 4.39 Å². The van der Waals surface area contributed by atoms with Crippen molar-refractivity contribution in [3.05, 3.63) is 15.6 Å². The van der Waals surface area contributed by atoms with E-state index in [-0.39, 0.29) is 6.04 Å². The van der Waals surface area contributed by atoms with Crippen LogP contribution in [0.4, 0.5) is 4.39 Å². The predicted octanol–water partition coefficient (Wildman–Crippen LogP) is 2.48. The molecule has 0 aromatic carbocycles. The summed E-state index contributed by atoms with van der Waals surface area (Å²) in [6.45, 7) is 5.84. The molecule has 2 atom stereocenters. The van der Waals surface area contributed by atoms with Crippen LogP contribution in [0.5, 0.6) is 0 Å². The lowest BCUT2D eigenvalue weighted by atomic mass is 10.1. The minimum Gasteiger partial charge on any atom is -0.308 e. The molecule has 0 fully saturated rings. The maximum atomic E-state index is 14.5. The van der Waals surface area contributed by atoms with Crippen molar-refractivity contribution in [1.29, 1.82) is 0 Å². The summed E-state index contributed by atoms with van der Waals surface area (Å²) in [4.78, 5) is 9.63. The van der Waals surface area contributed by atoms with Gasteiger partial charge in [-0.25, -0.2) is 9.37 Å². The first-order valence-electron chi connectivity index (χ1n) is 6.56. The van der Waals surface area contributed by atoms with E-state index in [1.165, 1.54) is 0 Å². The van der Waals surface area contributed by atoms with Gasteiger partial charge in [0, 0.05) is 24.0 Å². The molecule has 1 aliphatic heterocycles. The van der Waals surface area contributed by atoms with Gasteiger partial charge in [-0.3, -0.25) is 4.90 Å². The normalized spacial score (nSPS) is 22.2. The van der Waals surface area contributed by atoms with Gasteiger partial charge in [0.25, 0.3) is 0 Å². The Morgan fingerprint density at radius 2 is 2.28 bits per heavy atom. The number of thiazole rings is 1. The predicted molar refractivity (Wildman–Crippen MR) is 73.8 cm³/mol. The summed E-state index contributed by atoms with van der Waals surface area (Å²) in [5.41, 5.74) is 0.675. The number of likely N-dealkylation sites (N-methyl/N-ethyl adjacent to an activating group) is 1. The molecular weight excluding hydrogens is 249 g/mol. The smallest absolute Gasteiger partial charge is 0.197 e. The van der Waals surface area contributed by atoms with Gasteiger partial charge in [-0.15, -0.1) is 11.3 Å². The second-order valence-electron chi connectivity index (χ2n) is 5.20. The fraction of sp³-hybridized carbons (Fsp3) is 0.769. The third-order valence-electron chi connectivity index (χ3n) is 3.38. The largest absolute Gasteiger partial charge is 0.308 e. The number of halogens is 1. The lowest BCUT2D eigenvalue weighted by Crippen LogP contribution is -2.44. The maximum Gasteiger partial charge on any atom is 0.197 e. The lowest BCUT2D eigenvalue weighted by molar-refractivity contribution is 0.0260. The highest BCUT2D eigenvalue weighted by Gasteiger charge is 2.33. The fourth-order valence-electron chi connectivity index (χ4n) is 2.51. The molecule has 2 unspecified atom stereocenters. The molecule has 0 amide bonds. The number of aromatic nitrogens is 1. The highest BCUT2D eigenvalue weighted by Crippen LogP contribution is 2.35. The third kappa shape index (κ3) is 2.73. The number of alkyl halides is 1. The van der Waals surface area contributed by atoms with E-state index in [0.717, 1.165) is 35.8 Å². The zero-order valence-corrected chi connectivity index (χ0v) is 12.4. The molecule has 0 bridgehead atoms. The van der Waals surface area contributed by atoms with Gasteiger partial charge in [0.15, 0.2) is 6.30 Å². The van der Waals surface area contributed by atoms with Crippen molar-refractivity contribution >= 4 is 11.3 Å². The van der Waals surface area contributed by atoms with Crippen LogP contribution in [0, 0.1) is 0 Å². The second kappa shape index (κ2) is 5.63. The van der Waals surface area contributed by atoms with Crippen LogP contribution < -0.4 is 0 Å². The molecule has 102 valence electrons. The lowest BCUT2D eigenvalue weighted by Gasteiger charge is -2.35. The van der Waals surface area contributed by atoms with Crippen molar-refractivity contribution in [1.82, 2.24) is 14.8 Å². The van der Waals surface area contributed by atoms with E-state index in [0.29, 0.717) is 5.69 Å². The molecule has 3 nitrogen and oxygen atoms in total. The molecular formula is C13H22FN3S. The Morgan fingerprint density at radius 1 is 1.56 bits per heavy atom. The molecule has 0 spiro atoms. The summed E-state index contributed by atoms with van der Waals surface area (Å²) >= 11 is 1.68. The van der Waals surface area contributed by atoms with Crippen molar-refractivity contribution in [3.8, 4) is 0 Å². The van der Waals surface area contributed by atoms with Crippen molar-refractivity contribution in [3.63, 3.8) is 0 Å². The van der Waals surface area contributed by atoms with Crippen LogP contribution in [0.2, 0.25) is 0 Å². The van der Waals surface area contributed by atoms with E-state index >= 15 is 0 Å². The topological polar surface area (TPSA) is 19.4 Å². The van der Waals surface area contributed by atoms with E-state index in [4.69, 9.17) is 0 Å². The van der Waals surface area contributed by atoms with Gasteiger partial charge in [-0.1, -0.05) is 6.92 Å². The molecule has 0 saturated heterocycles. The van der Waals surface area contributed by atoms with Crippen LogP contribution in [0.1, 0.15) is 35.7 Å². The Kier molecular flexibility index (Phi) is 4.35. The summed E-state index contributed by atoms with van der Waals surface area (Å²) in [7, 11) is 4.05. The molecule has 2 heterocycles. The average Bonchev–Trinajstić information content (AvgIpc) is 2.72. The van der Waals surface area contributed by atoms with E-state index < -0.39 is 6.30 Å². The number of hydrogen-bond donors (Lipinski definition) is 0. The van der Waals surface area contributed by atoms with Gasteiger partial charge in [0.1, 0.15) is 5.69 Å². The minimum absolute atomic E-state index is 0.218. The SMILES string of the molecule is CCc1nc2c(s1)CCN(C(C)CN(C)C)C2F. The van der Waals surface area contributed by atoms with Crippen LogP contribution in [0.25, 0.3) is 0 Å². The van der Waals surface area contributed by atoms with Gasteiger partial charge in [0.2, 0.25) is 0 Å². The standard InChI is InChI=1S/C13H22FN3S/c1-5-11-15-12-10(18-11)6-7-17(13(12)14)9(2)8-16(3)4/h9,13H,5-8H2,1-4H3. The van der Waals surface area contributed by atoms with E-state index in [1.807, 2.05) is 19.0 Å². The Hall–Kier alpha value is -0.520. The van der Waals surface area contributed by atoms with Gasteiger partial charge < -0.3 is 4.90 Å². The van der Waals surface area contributed by atoms with Crippen LogP contribution in [-0.2, 0) is 12.8 Å². The summed E-state index contributed by atoms with van der Waals surface area (Å²) < 4.78 is 14.5. The van der Waals surface area contributed by atoms with Gasteiger partial charge in [-0.2, -0.15) is 0 Å². The summed E-state index contributed by atoms with van der Waals surface area (Å²) in [6.07, 6.45) is 0.809. The van der Waals surface area contributed by atoms with E-state index in [1.54, 1.807) is 11.3 Å². The molecule has 0 saturated carbocycles. The number of hydrogen-bond acceptors (Lipinski definition) is 4. The van der Waals surface area contributed by atoms with Crippen LogP contribution in [0.15, 0.2) is 0 Å². The van der Waals surface area contributed by atoms with Crippen LogP contribution >= 0.6 is 11.3 Å². The molecule has 18 heavy (non-hydrogen) atoms. The number of fused-ring (bicyclic) bond motifs is 1. The van der Waals surface area contributed by atoms with Gasteiger partial charge >= 0.3 is 0 Å². The van der Waals surface area contributed by atoms with Crippen LogP contribution in [-0.4, -0.2) is 48.0 Å². The molecule has 1 aromatic heterocycles. The zero-order valence-electron chi connectivity index (χ0n) is 11.6. The minimum atomic E-state index is -1.03. The quantitative estimate of drug-likeness (QED) is 0.784. The van der Waals surface area contributed by atoms with Crippen molar-refractivity contribution in [2.75, 3.05) is 27.2 Å². The molecule has 2 rings (SSSR count).